The number of carbonyl (C=O) groups excluding carboxylic acids is 1. The number of rotatable bonds is 6. The Morgan fingerprint density at radius 3 is 2.42 bits per heavy atom. The second-order valence-electron chi connectivity index (χ2n) is 9.05. The second-order valence-corrected chi connectivity index (χ2v) is 9.05. The van der Waals surface area contributed by atoms with Crippen LogP contribution < -0.4 is 5.32 Å². The van der Waals surface area contributed by atoms with Gasteiger partial charge in [-0.25, -0.2) is 0 Å². The fourth-order valence-corrected chi connectivity index (χ4v) is 6.27. The summed E-state index contributed by atoms with van der Waals surface area (Å²) in [7, 11) is 2.17. The molecule has 5 aliphatic rings. The lowest BCUT2D eigenvalue weighted by atomic mass is 9.54. The zero-order chi connectivity index (χ0) is 16.7. The number of hydrogen-bond acceptors (Lipinski definition) is 3. The molecule has 1 aliphatic heterocycles. The van der Waals surface area contributed by atoms with Crippen molar-refractivity contribution < 1.29 is 4.79 Å². The van der Waals surface area contributed by atoms with Gasteiger partial charge in [-0.15, -0.1) is 0 Å². The minimum absolute atomic E-state index is 0.132. The van der Waals surface area contributed by atoms with Gasteiger partial charge >= 0.3 is 0 Å². The SMILES string of the molecule is CCN(C)CCN1CCC[C@@H]1C(=O)NC1C2CC3CC(C2)CC1C3. The first-order valence-corrected chi connectivity index (χ1v) is 10.4. The van der Waals surface area contributed by atoms with Crippen molar-refractivity contribution in [2.45, 2.75) is 64.0 Å². The molecule has 1 amide bonds. The zero-order valence-electron chi connectivity index (χ0n) is 15.5. The van der Waals surface area contributed by atoms with Gasteiger partial charge in [-0.1, -0.05) is 6.92 Å². The van der Waals surface area contributed by atoms with Crippen LogP contribution in [0.4, 0.5) is 0 Å². The van der Waals surface area contributed by atoms with Gasteiger partial charge < -0.3 is 10.2 Å². The highest BCUT2D eigenvalue weighted by atomic mass is 16.2. The molecule has 4 bridgehead atoms. The lowest BCUT2D eigenvalue weighted by Gasteiger charge is -2.54. The van der Waals surface area contributed by atoms with Crippen LogP contribution in [0.1, 0.15) is 51.9 Å². The van der Waals surface area contributed by atoms with E-state index < -0.39 is 0 Å². The number of nitrogens with one attached hydrogen (secondary N) is 1. The maximum absolute atomic E-state index is 13.0. The summed E-state index contributed by atoms with van der Waals surface area (Å²) in [4.78, 5) is 17.8. The fourth-order valence-electron chi connectivity index (χ4n) is 6.27. The summed E-state index contributed by atoms with van der Waals surface area (Å²) in [5.41, 5.74) is 0. The lowest BCUT2D eigenvalue weighted by molar-refractivity contribution is -0.129. The Morgan fingerprint density at radius 2 is 1.79 bits per heavy atom. The molecule has 136 valence electrons. The van der Waals surface area contributed by atoms with E-state index in [-0.39, 0.29) is 6.04 Å². The average molecular weight is 334 g/mol. The summed E-state index contributed by atoms with van der Waals surface area (Å²) in [5, 5.41) is 3.54. The molecule has 1 heterocycles. The first-order valence-electron chi connectivity index (χ1n) is 10.4. The summed E-state index contributed by atoms with van der Waals surface area (Å²) in [6.07, 6.45) is 9.24. The third-order valence-electron chi connectivity index (χ3n) is 7.51. The number of likely N-dealkylation sites (N-methyl/N-ethyl adjacent to an activating group) is 1. The molecule has 4 nitrogen and oxygen atoms in total. The Kier molecular flexibility index (Phi) is 4.88. The summed E-state index contributed by atoms with van der Waals surface area (Å²) < 4.78 is 0. The molecular weight excluding hydrogens is 298 g/mol. The molecule has 5 fully saturated rings. The van der Waals surface area contributed by atoms with E-state index >= 15 is 0 Å². The molecule has 0 unspecified atom stereocenters. The molecule has 0 spiro atoms. The standard InChI is InChI=1S/C20H35N3O/c1-3-22(2)7-8-23-6-4-5-18(23)20(24)21-19-16-10-14-9-15(12-16)13-17(19)11-14/h14-19H,3-13H2,1-2H3,(H,21,24)/t14?,15?,16?,17?,18-,19?/m1/s1. The van der Waals surface area contributed by atoms with Crippen LogP contribution in [0.5, 0.6) is 0 Å². The van der Waals surface area contributed by atoms with E-state index in [4.69, 9.17) is 0 Å². The number of carbonyl (C=O) groups is 1. The van der Waals surface area contributed by atoms with Crippen molar-refractivity contribution in [3.05, 3.63) is 0 Å². The van der Waals surface area contributed by atoms with Gasteiger partial charge in [0.15, 0.2) is 0 Å². The Bertz CT molecular complexity index is 438. The molecule has 4 aliphatic carbocycles. The van der Waals surface area contributed by atoms with E-state index in [1.54, 1.807) is 0 Å². The van der Waals surface area contributed by atoms with Gasteiger partial charge in [0.05, 0.1) is 6.04 Å². The van der Waals surface area contributed by atoms with Gasteiger partial charge in [-0.3, -0.25) is 9.69 Å². The van der Waals surface area contributed by atoms with Gasteiger partial charge in [-0.2, -0.15) is 0 Å². The van der Waals surface area contributed by atoms with Crippen LogP contribution in [0.25, 0.3) is 0 Å². The van der Waals surface area contributed by atoms with Crippen molar-refractivity contribution in [1.29, 1.82) is 0 Å². The minimum atomic E-state index is 0.132. The molecule has 24 heavy (non-hydrogen) atoms. The van der Waals surface area contributed by atoms with Gasteiger partial charge in [0.2, 0.25) is 5.91 Å². The van der Waals surface area contributed by atoms with Crippen LogP contribution in [0.3, 0.4) is 0 Å². The lowest BCUT2D eigenvalue weighted by Crippen LogP contribution is -2.58. The molecule has 1 atom stereocenters. The van der Waals surface area contributed by atoms with Gasteiger partial charge in [-0.05, 0) is 88.8 Å². The molecule has 1 N–H and O–H groups in total. The van der Waals surface area contributed by atoms with Crippen molar-refractivity contribution >= 4 is 5.91 Å². The third kappa shape index (κ3) is 3.24. The van der Waals surface area contributed by atoms with E-state index in [0.717, 1.165) is 56.3 Å². The zero-order valence-corrected chi connectivity index (χ0v) is 15.5. The quantitative estimate of drug-likeness (QED) is 0.810. The Labute approximate surface area is 147 Å². The smallest absolute Gasteiger partial charge is 0.237 e. The fraction of sp³-hybridized carbons (Fsp3) is 0.950. The third-order valence-corrected chi connectivity index (χ3v) is 7.51. The molecule has 0 radical (unpaired) electrons. The Balaban J connectivity index is 1.34. The van der Waals surface area contributed by atoms with E-state index in [9.17, 15) is 4.79 Å². The highest BCUT2D eigenvalue weighted by Crippen LogP contribution is 2.53. The highest BCUT2D eigenvalue weighted by Gasteiger charge is 2.49. The molecule has 0 aromatic carbocycles. The summed E-state index contributed by atoms with van der Waals surface area (Å²) in [6.45, 7) is 6.47. The van der Waals surface area contributed by atoms with Crippen LogP contribution in [0.2, 0.25) is 0 Å². The van der Waals surface area contributed by atoms with Gasteiger partial charge in [0.1, 0.15) is 0 Å². The maximum Gasteiger partial charge on any atom is 0.237 e. The topological polar surface area (TPSA) is 35.6 Å². The van der Waals surface area contributed by atoms with Gasteiger partial charge in [0.25, 0.3) is 0 Å². The summed E-state index contributed by atoms with van der Waals surface area (Å²) in [5.74, 6) is 3.86. The van der Waals surface area contributed by atoms with Crippen LogP contribution in [0.15, 0.2) is 0 Å². The molecule has 4 heteroatoms. The van der Waals surface area contributed by atoms with Crippen molar-refractivity contribution in [2.75, 3.05) is 33.2 Å². The minimum Gasteiger partial charge on any atom is -0.351 e. The average Bonchev–Trinajstić information content (AvgIpc) is 3.03. The number of likely N-dealkylation sites (tertiary alicyclic amines) is 1. The highest BCUT2D eigenvalue weighted by molar-refractivity contribution is 5.82. The number of nitrogens with zero attached hydrogens (tertiary/aromatic N) is 2. The van der Waals surface area contributed by atoms with Crippen LogP contribution in [0, 0.1) is 23.7 Å². The molecule has 4 saturated carbocycles. The predicted molar refractivity (Wildman–Crippen MR) is 96.7 cm³/mol. The Hall–Kier alpha value is -0.610. The normalized spacial score (nSPS) is 41.3. The van der Waals surface area contributed by atoms with E-state index in [1.165, 1.54) is 38.5 Å². The molecule has 0 aromatic rings. The Morgan fingerprint density at radius 1 is 1.12 bits per heavy atom. The van der Waals surface area contributed by atoms with E-state index in [1.807, 2.05) is 0 Å². The van der Waals surface area contributed by atoms with Gasteiger partial charge in [0, 0.05) is 19.1 Å². The molecular formula is C20H35N3O. The number of hydrogen-bond donors (Lipinski definition) is 1. The predicted octanol–water partition coefficient (Wildman–Crippen LogP) is 2.34. The van der Waals surface area contributed by atoms with Crippen molar-refractivity contribution in [3.8, 4) is 0 Å². The summed E-state index contributed by atoms with van der Waals surface area (Å²) >= 11 is 0. The van der Waals surface area contributed by atoms with Crippen molar-refractivity contribution in [1.82, 2.24) is 15.1 Å². The van der Waals surface area contributed by atoms with Crippen LogP contribution >= 0.6 is 0 Å². The maximum atomic E-state index is 13.0. The summed E-state index contributed by atoms with van der Waals surface area (Å²) in [6, 6.07) is 0.624. The monoisotopic (exact) mass is 333 g/mol. The first-order chi connectivity index (χ1) is 11.6. The molecule has 1 saturated heterocycles. The van der Waals surface area contributed by atoms with Crippen LogP contribution in [-0.4, -0.2) is 61.0 Å². The van der Waals surface area contributed by atoms with Crippen LogP contribution in [-0.2, 0) is 4.79 Å². The van der Waals surface area contributed by atoms with E-state index in [2.05, 4.69) is 29.1 Å². The largest absolute Gasteiger partial charge is 0.351 e. The van der Waals surface area contributed by atoms with Crippen molar-refractivity contribution in [3.63, 3.8) is 0 Å². The van der Waals surface area contributed by atoms with E-state index in [0.29, 0.717) is 11.9 Å². The number of amides is 1. The van der Waals surface area contributed by atoms with Crippen molar-refractivity contribution in [2.24, 2.45) is 23.7 Å². The molecule has 0 aromatic heterocycles. The first kappa shape index (κ1) is 16.8. The second kappa shape index (κ2) is 6.95. The molecule has 5 rings (SSSR count).